The van der Waals surface area contributed by atoms with E-state index in [9.17, 15) is 15.0 Å². The molecule has 0 radical (unpaired) electrons. The van der Waals surface area contributed by atoms with Crippen molar-refractivity contribution in [1.29, 1.82) is 0 Å². The largest absolute Gasteiger partial charge is 0.457 e. The second-order valence-corrected chi connectivity index (χ2v) is 5.85. The second-order valence-electron chi connectivity index (χ2n) is 5.85. The van der Waals surface area contributed by atoms with Gasteiger partial charge in [0, 0.05) is 5.57 Å². The van der Waals surface area contributed by atoms with Gasteiger partial charge in [-0.25, -0.2) is 4.79 Å². The maximum Gasteiger partial charge on any atom is 0.334 e. The van der Waals surface area contributed by atoms with Gasteiger partial charge >= 0.3 is 5.97 Å². The summed E-state index contributed by atoms with van der Waals surface area (Å²) >= 11 is 0. The average molecular weight is 262 g/mol. The maximum absolute atomic E-state index is 11.7. The van der Waals surface area contributed by atoms with E-state index in [0.29, 0.717) is 17.6 Å². The number of aliphatic hydroxyl groups is 2. The molecule has 3 rings (SSSR count). The number of rotatable bonds is 0. The fourth-order valence-electron chi connectivity index (χ4n) is 3.73. The predicted molar refractivity (Wildman–Crippen MR) is 69.1 cm³/mol. The molecule has 19 heavy (non-hydrogen) atoms. The van der Waals surface area contributed by atoms with Crippen molar-refractivity contribution in [1.82, 2.24) is 0 Å². The van der Waals surface area contributed by atoms with Crippen molar-refractivity contribution in [3.8, 4) is 0 Å². The molecular formula is C15H18O4. The lowest BCUT2D eigenvalue weighted by Crippen LogP contribution is -2.43. The molecule has 2 aliphatic carbocycles. The number of esters is 1. The molecule has 0 spiro atoms. The lowest BCUT2D eigenvalue weighted by atomic mass is 9.77. The van der Waals surface area contributed by atoms with Crippen LogP contribution in [0.15, 0.2) is 36.0 Å². The van der Waals surface area contributed by atoms with Crippen LogP contribution >= 0.6 is 0 Å². The van der Waals surface area contributed by atoms with Crippen LogP contribution in [-0.4, -0.2) is 34.0 Å². The molecule has 0 aromatic rings. The number of aliphatic hydroxyl groups excluding tert-OH is 1. The first kappa shape index (κ1) is 12.6. The highest BCUT2D eigenvalue weighted by Crippen LogP contribution is 2.52. The van der Waals surface area contributed by atoms with Gasteiger partial charge in [0.05, 0.1) is 23.5 Å². The topological polar surface area (TPSA) is 66.8 Å². The van der Waals surface area contributed by atoms with Crippen molar-refractivity contribution in [2.75, 3.05) is 0 Å². The van der Waals surface area contributed by atoms with Crippen molar-refractivity contribution in [2.24, 2.45) is 11.8 Å². The summed E-state index contributed by atoms with van der Waals surface area (Å²) < 4.78 is 5.39. The van der Waals surface area contributed by atoms with Gasteiger partial charge in [0.2, 0.25) is 0 Å². The summed E-state index contributed by atoms with van der Waals surface area (Å²) in [7, 11) is 0. The van der Waals surface area contributed by atoms with Gasteiger partial charge in [-0.2, -0.15) is 0 Å². The Morgan fingerprint density at radius 3 is 2.84 bits per heavy atom. The Balaban J connectivity index is 2.11. The van der Waals surface area contributed by atoms with Crippen LogP contribution in [0.4, 0.5) is 0 Å². The molecule has 0 bridgehead atoms. The zero-order valence-corrected chi connectivity index (χ0v) is 10.9. The third kappa shape index (κ3) is 1.50. The molecule has 4 nitrogen and oxygen atoms in total. The number of hydrogen-bond acceptors (Lipinski definition) is 4. The van der Waals surface area contributed by atoms with Crippen LogP contribution in [-0.2, 0) is 9.53 Å². The van der Waals surface area contributed by atoms with E-state index in [0.717, 1.165) is 5.57 Å². The minimum Gasteiger partial charge on any atom is -0.457 e. The zero-order valence-electron chi connectivity index (χ0n) is 10.9. The Morgan fingerprint density at radius 1 is 1.47 bits per heavy atom. The summed E-state index contributed by atoms with van der Waals surface area (Å²) in [5, 5.41) is 21.2. The van der Waals surface area contributed by atoms with Crippen LogP contribution in [0.25, 0.3) is 0 Å². The first-order valence-electron chi connectivity index (χ1n) is 6.51. The van der Waals surface area contributed by atoms with E-state index in [1.165, 1.54) is 0 Å². The molecule has 4 heteroatoms. The normalized spacial score (nSPS) is 45.4. The quantitative estimate of drug-likeness (QED) is 0.390. The molecule has 5 atom stereocenters. The maximum atomic E-state index is 11.7. The van der Waals surface area contributed by atoms with Gasteiger partial charge in [-0.3, -0.25) is 0 Å². The summed E-state index contributed by atoms with van der Waals surface area (Å²) in [6, 6.07) is 0. The van der Waals surface area contributed by atoms with Gasteiger partial charge in [0.15, 0.2) is 0 Å². The van der Waals surface area contributed by atoms with E-state index in [-0.39, 0.29) is 12.3 Å². The Bertz CT molecular complexity index is 518. The number of carbonyl (C=O) groups is 1. The molecule has 0 amide bonds. The molecule has 0 aromatic carbocycles. The van der Waals surface area contributed by atoms with Crippen molar-refractivity contribution < 1.29 is 19.7 Å². The smallest absolute Gasteiger partial charge is 0.334 e. The van der Waals surface area contributed by atoms with E-state index in [1.807, 2.05) is 13.0 Å². The standard InChI is InChI=1S/C15H18O4/c1-7-4-5-15(18)8(2)6-10(16)11-9(3)14(17)19-13(11)12(7)15/h4,10-13,16,18H,2-3,5-6H2,1H3/t10-,11+,12-,13-,15+/m0/s1. The highest BCUT2D eigenvalue weighted by molar-refractivity contribution is 5.91. The highest BCUT2D eigenvalue weighted by Gasteiger charge is 2.58. The first-order chi connectivity index (χ1) is 8.86. The van der Waals surface area contributed by atoms with E-state index < -0.39 is 29.7 Å². The molecule has 1 heterocycles. The Labute approximate surface area is 112 Å². The molecule has 0 aromatic heterocycles. The van der Waals surface area contributed by atoms with Crippen LogP contribution in [0.5, 0.6) is 0 Å². The minimum absolute atomic E-state index is 0.269. The summed E-state index contributed by atoms with van der Waals surface area (Å²) in [6.07, 6.45) is 1.36. The van der Waals surface area contributed by atoms with E-state index in [2.05, 4.69) is 13.2 Å². The molecule has 1 aliphatic heterocycles. The SMILES string of the molecule is C=C1C(=O)O[C@H]2[C@H]1[C@@H](O)CC(=C)[C@]1(O)CC=C(C)[C@@H]21. The van der Waals surface area contributed by atoms with Crippen LogP contribution in [0.1, 0.15) is 19.8 Å². The van der Waals surface area contributed by atoms with Crippen LogP contribution in [0, 0.1) is 11.8 Å². The third-order valence-electron chi connectivity index (χ3n) is 4.81. The molecule has 102 valence electrons. The van der Waals surface area contributed by atoms with E-state index >= 15 is 0 Å². The van der Waals surface area contributed by atoms with Crippen molar-refractivity contribution >= 4 is 5.97 Å². The summed E-state index contributed by atoms with van der Waals surface area (Å²) in [4.78, 5) is 11.7. The van der Waals surface area contributed by atoms with E-state index in [4.69, 9.17) is 4.74 Å². The Kier molecular flexibility index (Phi) is 2.53. The fraction of sp³-hybridized carbons (Fsp3) is 0.533. The van der Waals surface area contributed by atoms with Crippen molar-refractivity contribution in [2.45, 2.75) is 37.6 Å². The summed E-state index contributed by atoms with van der Waals surface area (Å²) in [5.74, 6) is -1.25. The Morgan fingerprint density at radius 2 is 2.16 bits per heavy atom. The van der Waals surface area contributed by atoms with Gasteiger partial charge < -0.3 is 14.9 Å². The van der Waals surface area contributed by atoms with Crippen molar-refractivity contribution in [3.05, 3.63) is 36.0 Å². The predicted octanol–water partition coefficient (Wildman–Crippen LogP) is 1.10. The molecule has 2 N–H and O–H groups in total. The first-order valence-corrected chi connectivity index (χ1v) is 6.51. The van der Waals surface area contributed by atoms with Crippen LogP contribution < -0.4 is 0 Å². The fourth-order valence-corrected chi connectivity index (χ4v) is 3.73. The van der Waals surface area contributed by atoms with Gasteiger partial charge in [-0.05, 0) is 25.3 Å². The van der Waals surface area contributed by atoms with Crippen LogP contribution in [0.3, 0.4) is 0 Å². The molecule has 2 fully saturated rings. The van der Waals surface area contributed by atoms with Gasteiger partial charge in [-0.1, -0.05) is 24.8 Å². The number of carbonyl (C=O) groups excluding carboxylic acids is 1. The molecule has 1 saturated heterocycles. The van der Waals surface area contributed by atoms with Crippen molar-refractivity contribution in [3.63, 3.8) is 0 Å². The monoisotopic (exact) mass is 262 g/mol. The number of fused-ring (bicyclic) bond motifs is 3. The van der Waals surface area contributed by atoms with Gasteiger partial charge in [0.1, 0.15) is 6.10 Å². The summed E-state index contributed by atoms with van der Waals surface area (Å²) in [6.45, 7) is 9.58. The number of ether oxygens (including phenoxy) is 1. The van der Waals surface area contributed by atoms with Gasteiger partial charge in [-0.15, -0.1) is 0 Å². The minimum atomic E-state index is -1.12. The van der Waals surface area contributed by atoms with Crippen LogP contribution in [0.2, 0.25) is 0 Å². The highest BCUT2D eigenvalue weighted by atomic mass is 16.6. The molecular weight excluding hydrogens is 244 g/mol. The van der Waals surface area contributed by atoms with E-state index in [1.54, 1.807) is 0 Å². The lowest BCUT2D eigenvalue weighted by molar-refractivity contribution is -0.143. The van der Waals surface area contributed by atoms with Gasteiger partial charge in [0.25, 0.3) is 0 Å². The average Bonchev–Trinajstić information content (AvgIpc) is 2.76. The molecule has 1 saturated carbocycles. The zero-order chi connectivity index (χ0) is 13.9. The second kappa shape index (κ2) is 3.81. The number of hydrogen-bond donors (Lipinski definition) is 2. The summed E-state index contributed by atoms with van der Waals surface area (Å²) in [5.41, 5.74) is 0.774. The third-order valence-corrected chi connectivity index (χ3v) is 4.81. The Hall–Kier alpha value is -1.39. The molecule has 3 aliphatic rings. The molecule has 0 unspecified atom stereocenters. The lowest BCUT2D eigenvalue weighted by Gasteiger charge is -2.34.